The summed E-state index contributed by atoms with van der Waals surface area (Å²) in [4.78, 5) is 13.2. The molecule has 1 heterocycles. The summed E-state index contributed by atoms with van der Waals surface area (Å²) in [5.41, 5.74) is 11.3. The van der Waals surface area contributed by atoms with Crippen LogP contribution in [0.3, 0.4) is 0 Å². The summed E-state index contributed by atoms with van der Waals surface area (Å²) in [6.45, 7) is 2.06. The number of nitrogens with one attached hydrogen (secondary N) is 2. The highest BCUT2D eigenvalue weighted by molar-refractivity contribution is 6.02. The van der Waals surface area contributed by atoms with Crippen LogP contribution < -0.4 is 20.5 Å². The Morgan fingerprint density at radius 2 is 1.87 bits per heavy atom. The third-order valence-electron chi connectivity index (χ3n) is 6.16. The maximum atomic E-state index is 14.2. The second kappa shape index (κ2) is 7.39. The topological polar surface area (TPSA) is 71.4 Å². The van der Waals surface area contributed by atoms with E-state index in [4.69, 9.17) is 15.2 Å². The zero-order valence-corrected chi connectivity index (χ0v) is 17.1. The lowest BCUT2D eigenvalue weighted by molar-refractivity contribution is -0.118. The van der Waals surface area contributed by atoms with Crippen LogP contribution in [0.5, 0.6) is 11.5 Å². The number of amides is 1. The van der Waals surface area contributed by atoms with Crippen molar-refractivity contribution in [1.82, 2.24) is 5.73 Å². The number of fused-ring (bicyclic) bond motifs is 1. The molecule has 2 aliphatic rings. The molecule has 1 aliphatic heterocycles. The number of hydrogen-bond donors (Lipinski definition) is 1. The standard InChI is InChI=1S/C25H22FN2O3/c1-15-2-6-19(12-20(15)16-3-4-17(13-27)21(26)10-16)28-24(29)25(8-9-25)18-5-7-22-23(11-18)31-14-30-22/h2-7,10-12,27H,8-9,13-14H2,1H3,(H,28,29). The van der Waals surface area contributed by atoms with Gasteiger partial charge in [-0.2, -0.15) is 0 Å². The monoisotopic (exact) mass is 417 g/mol. The molecular weight excluding hydrogens is 395 g/mol. The predicted molar refractivity (Wildman–Crippen MR) is 115 cm³/mol. The van der Waals surface area contributed by atoms with Gasteiger partial charge in [0.15, 0.2) is 11.5 Å². The first kappa shape index (κ1) is 19.6. The summed E-state index contributed by atoms with van der Waals surface area (Å²) in [7, 11) is 0. The molecule has 157 valence electrons. The van der Waals surface area contributed by atoms with Gasteiger partial charge in [-0.1, -0.05) is 24.3 Å². The van der Waals surface area contributed by atoms with E-state index >= 15 is 0 Å². The molecule has 0 aromatic heterocycles. The first-order chi connectivity index (χ1) is 15.0. The highest BCUT2D eigenvalue weighted by Crippen LogP contribution is 2.51. The number of benzene rings is 3. The lowest BCUT2D eigenvalue weighted by atomic mass is 9.94. The molecule has 1 aliphatic carbocycles. The highest BCUT2D eigenvalue weighted by atomic mass is 19.1. The molecule has 1 amide bonds. The molecule has 5 nitrogen and oxygen atoms in total. The van der Waals surface area contributed by atoms with Gasteiger partial charge in [0.25, 0.3) is 0 Å². The Hall–Kier alpha value is -3.38. The van der Waals surface area contributed by atoms with E-state index in [2.05, 4.69) is 5.32 Å². The Morgan fingerprint density at radius 3 is 2.61 bits per heavy atom. The van der Waals surface area contributed by atoms with Crippen molar-refractivity contribution in [2.75, 3.05) is 12.1 Å². The van der Waals surface area contributed by atoms with Crippen LogP contribution in [0.15, 0.2) is 54.6 Å². The van der Waals surface area contributed by atoms with Gasteiger partial charge in [0.1, 0.15) is 5.82 Å². The first-order valence-electron chi connectivity index (χ1n) is 10.3. The Kier molecular flexibility index (Phi) is 4.67. The molecule has 0 bridgehead atoms. The second-order valence-electron chi connectivity index (χ2n) is 8.12. The first-order valence-corrected chi connectivity index (χ1v) is 10.3. The summed E-state index contributed by atoms with van der Waals surface area (Å²) in [6, 6.07) is 16.2. The van der Waals surface area contributed by atoms with Gasteiger partial charge in [-0.15, -0.1) is 0 Å². The average molecular weight is 417 g/mol. The number of carbonyl (C=O) groups is 1. The predicted octanol–water partition coefficient (Wildman–Crippen LogP) is 4.98. The van der Waals surface area contributed by atoms with Crippen molar-refractivity contribution in [3.8, 4) is 22.6 Å². The Balaban J connectivity index is 1.41. The number of carbonyl (C=O) groups excluding carboxylic acids is 1. The van der Waals surface area contributed by atoms with E-state index < -0.39 is 5.41 Å². The van der Waals surface area contributed by atoms with Crippen molar-refractivity contribution in [3.05, 3.63) is 77.1 Å². The van der Waals surface area contributed by atoms with Crippen molar-refractivity contribution < 1.29 is 18.7 Å². The number of rotatable bonds is 5. The fourth-order valence-electron chi connectivity index (χ4n) is 4.09. The van der Waals surface area contributed by atoms with Crippen molar-refractivity contribution in [1.29, 1.82) is 0 Å². The zero-order chi connectivity index (χ0) is 21.6. The third-order valence-corrected chi connectivity index (χ3v) is 6.16. The zero-order valence-electron chi connectivity index (χ0n) is 17.1. The van der Waals surface area contributed by atoms with Gasteiger partial charge in [0.2, 0.25) is 12.7 Å². The summed E-state index contributed by atoms with van der Waals surface area (Å²) >= 11 is 0. The Bertz CT molecular complexity index is 1190. The summed E-state index contributed by atoms with van der Waals surface area (Å²) < 4.78 is 25.1. The maximum Gasteiger partial charge on any atom is 0.235 e. The summed E-state index contributed by atoms with van der Waals surface area (Å²) in [5, 5.41) is 3.05. The van der Waals surface area contributed by atoms with Gasteiger partial charge in [-0.25, -0.2) is 4.39 Å². The van der Waals surface area contributed by atoms with Crippen LogP contribution in [0.25, 0.3) is 11.1 Å². The van der Waals surface area contributed by atoms with Crippen LogP contribution in [0.1, 0.15) is 29.5 Å². The van der Waals surface area contributed by atoms with Gasteiger partial charge < -0.3 is 14.8 Å². The van der Waals surface area contributed by atoms with Crippen molar-refractivity contribution >= 4 is 11.6 Å². The number of ether oxygens (including phenoxy) is 2. The molecule has 0 spiro atoms. The van der Waals surface area contributed by atoms with Gasteiger partial charge in [0.05, 0.1) is 5.41 Å². The van der Waals surface area contributed by atoms with E-state index in [1.165, 1.54) is 6.07 Å². The minimum Gasteiger partial charge on any atom is -0.454 e. The van der Waals surface area contributed by atoms with E-state index in [0.717, 1.165) is 35.1 Å². The number of anilines is 1. The molecule has 0 unspecified atom stereocenters. The van der Waals surface area contributed by atoms with E-state index in [9.17, 15) is 9.18 Å². The smallest absolute Gasteiger partial charge is 0.235 e. The lowest BCUT2D eigenvalue weighted by Gasteiger charge is -2.17. The van der Waals surface area contributed by atoms with Gasteiger partial charge in [-0.3, -0.25) is 10.5 Å². The number of hydrogen-bond acceptors (Lipinski definition) is 3. The molecule has 1 fully saturated rings. The lowest BCUT2D eigenvalue weighted by Crippen LogP contribution is -2.27. The molecule has 3 aromatic rings. The van der Waals surface area contributed by atoms with E-state index in [-0.39, 0.29) is 25.1 Å². The Morgan fingerprint density at radius 1 is 1.06 bits per heavy atom. The van der Waals surface area contributed by atoms with E-state index in [1.807, 2.05) is 49.4 Å². The molecule has 0 saturated heterocycles. The van der Waals surface area contributed by atoms with Gasteiger partial charge in [0, 0.05) is 17.8 Å². The van der Waals surface area contributed by atoms with Crippen molar-refractivity contribution in [3.63, 3.8) is 0 Å². The van der Waals surface area contributed by atoms with Gasteiger partial charge >= 0.3 is 0 Å². The molecule has 6 heteroatoms. The third kappa shape index (κ3) is 3.43. The van der Waals surface area contributed by atoms with Crippen LogP contribution in [0.4, 0.5) is 10.1 Å². The fourth-order valence-corrected chi connectivity index (χ4v) is 4.09. The maximum absolute atomic E-state index is 14.2. The van der Waals surface area contributed by atoms with Crippen molar-refractivity contribution in [2.45, 2.75) is 31.7 Å². The van der Waals surface area contributed by atoms with Gasteiger partial charge in [-0.05, 0) is 72.4 Å². The Labute approximate surface area is 180 Å². The molecule has 31 heavy (non-hydrogen) atoms. The number of aryl methyl sites for hydroxylation is 1. The normalized spacial score (nSPS) is 15.6. The summed E-state index contributed by atoms with van der Waals surface area (Å²) in [5.74, 6) is 0.928. The van der Waals surface area contributed by atoms with Crippen LogP contribution in [-0.2, 0) is 16.8 Å². The van der Waals surface area contributed by atoms with Crippen LogP contribution in [0.2, 0.25) is 0 Å². The average Bonchev–Trinajstić information content (AvgIpc) is 3.46. The minimum atomic E-state index is -0.562. The summed E-state index contributed by atoms with van der Waals surface area (Å²) in [6.07, 6.45) is 1.55. The minimum absolute atomic E-state index is 0.0584. The van der Waals surface area contributed by atoms with E-state index in [1.54, 1.807) is 6.07 Å². The molecule has 1 radical (unpaired) electrons. The molecule has 1 saturated carbocycles. The quantitative estimate of drug-likeness (QED) is 0.636. The van der Waals surface area contributed by atoms with E-state index in [0.29, 0.717) is 22.7 Å². The van der Waals surface area contributed by atoms with Crippen LogP contribution >= 0.6 is 0 Å². The number of halogens is 1. The molecule has 5 rings (SSSR count). The fraction of sp³-hybridized carbons (Fsp3) is 0.240. The SMILES string of the molecule is Cc1ccc(NC(=O)C2(c3ccc4c(c3)OCO4)CC2)cc1-c1ccc(C[NH])c(F)c1. The molecular formula is C25H22FN2O3. The van der Waals surface area contributed by atoms with Crippen LogP contribution in [-0.4, -0.2) is 12.7 Å². The molecule has 0 atom stereocenters. The highest BCUT2D eigenvalue weighted by Gasteiger charge is 2.51. The second-order valence-corrected chi connectivity index (χ2v) is 8.12. The molecule has 2 N–H and O–H groups in total. The largest absolute Gasteiger partial charge is 0.454 e. The van der Waals surface area contributed by atoms with Crippen LogP contribution in [0, 0.1) is 12.7 Å². The van der Waals surface area contributed by atoms with Crippen molar-refractivity contribution in [2.24, 2.45) is 0 Å². The molecule has 3 aromatic carbocycles.